The first-order valence-corrected chi connectivity index (χ1v) is 7.37. The molecule has 0 spiro atoms. The first kappa shape index (κ1) is 10.8. The van der Waals surface area contributed by atoms with Crippen LogP contribution < -0.4 is 0 Å². The fourth-order valence-corrected chi connectivity index (χ4v) is 4.77. The lowest BCUT2D eigenvalue weighted by Gasteiger charge is -2.12. The third-order valence-corrected chi connectivity index (χ3v) is 5.34. The van der Waals surface area contributed by atoms with Crippen molar-refractivity contribution in [2.24, 2.45) is 17.8 Å². The van der Waals surface area contributed by atoms with Crippen molar-refractivity contribution in [3.05, 3.63) is 35.4 Å². The second-order valence-electron chi connectivity index (χ2n) is 5.55. The lowest BCUT2D eigenvalue weighted by molar-refractivity contribution is 0.569. The monoisotopic (exact) mass is 278 g/mol. The first-order valence-electron chi connectivity index (χ1n) is 6.45. The van der Waals surface area contributed by atoms with Crippen LogP contribution in [0.1, 0.15) is 30.4 Å². The van der Waals surface area contributed by atoms with Gasteiger partial charge in [-0.2, -0.15) is 0 Å². The number of halogens is 1. The highest BCUT2D eigenvalue weighted by Gasteiger charge is 2.54. The van der Waals surface area contributed by atoms with Gasteiger partial charge in [0.2, 0.25) is 0 Å². The summed E-state index contributed by atoms with van der Waals surface area (Å²) in [5, 5.41) is 0. The summed E-state index contributed by atoms with van der Waals surface area (Å²) in [7, 11) is 0. The predicted molar refractivity (Wildman–Crippen MR) is 71.9 cm³/mol. The van der Waals surface area contributed by atoms with E-state index in [1.165, 1.54) is 36.8 Å². The smallest absolute Gasteiger partial charge is 0.0219 e. The van der Waals surface area contributed by atoms with Crippen molar-refractivity contribution in [3.63, 3.8) is 0 Å². The summed E-state index contributed by atoms with van der Waals surface area (Å²) in [5.74, 6) is 3.11. The minimum Gasteiger partial charge on any atom is -0.0884 e. The van der Waals surface area contributed by atoms with Crippen molar-refractivity contribution in [3.8, 4) is 0 Å². The van der Waals surface area contributed by atoms with Crippen LogP contribution in [0.4, 0.5) is 0 Å². The molecule has 0 amide bonds. The summed E-state index contributed by atoms with van der Waals surface area (Å²) in [6.07, 6.45) is 5.67. The van der Waals surface area contributed by atoms with Crippen molar-refractivity contribution in [1.29, 1.82) is 0 Å². The van der Waals surface area contributed by atoms with Crippen LogP contribution in [0.3, 0.4) is 0 Å². The molecule has 16 heavy (non-hydrogen) atoms. The molecule has 1 heteroatoms. The van der Waals surface area contributed by atoms with Gasteiger partial charge in [0.05, 0.1) is 0 Å². The molecule has 0 radical (unpaired) electrons. The standard InChI is InChI=1S/C15H19Br/c1-10-4-2-5-11(8-10)9-14(16)15-12-6-3-7-13(12)15/h2,4-5,8,12-15H,3,6-7,9H2,1H3. The van der Waals surface area contributed by atoms with E-state index in [9.17, 15) is 0 Å². The van der Waals surface area contributed by atoms with Crippen LogP contribution in [0.25, 0.3) is 0 Å². The highest BCUT2D eigenvalue weighted by molar-refractivity contribution is 9.09. The SMILES string of the molecule is Cc1cccc(CC(Br)C2C3CCCC32)c1. The summed E-state index contributed by atoms with van der Waals surface area (Å²) in [4.78, 5) is 0.713. The summed E-state index contributed by atoms with van der Waals surface area (Å²) < 4.78 is 0. The first-order chi connectivity index (χ1) is 7.75. The lowest BCUT2D eigenvalue weighted by Crippen LogP contribution is -2.09. The van der Waals surface area contributed by atoms with Crippen LogP contribution in [-0.2, 0) is 6.42 Å². The van der Waals surface area contributed by atoms with E-state index >= 15 is 0 Å². The number of benzene rings is 1. The van der Waals surface area contributed by atoms with Gasteiger partial charge in [-0.15, -0.1) is 0 Å². The van der Waals surface area contributed by atoms with E-state index < -0.39 is 0 Å². The third-order valence-electron chi connectivity index (χ3n) is 4.40. The largest absolute Gasteiger partial charge is 0.0884 e. The van der Waals surface area contributed by atoms with Gasteiger partial charge in [-0.1, -0.05) is 52.2 Å². The van der Waals surface area contributed by atoms with Gasteiger partial charge < -0.3 is 0 Å². The van der Waals surface area contributed by atoms with E-state index in [2.05, 4.69) is 47.1 Å². The zero-order chi connectivity index (χ0) is 11.1. The highest BCUT2D eigenvalue weighted by Crippen LogP contribution is 2.60. The van der Waals surface area contributed by atoms with Gasteiger partial charge in [0, 0.05) is 4.83 Å². The maximum Gasteiger partial charge on any atom is 0.0219 e. The fraction of sp³-hybridized carbons (Fsp3) is 0.600. The Labute approximate surface area is 107 Å². The Morgan fingerprint density at radius 3 is 2.75 bits per heavy atom. The Morgan fingerprint density at radius 1 is 1.31 bits per heavy atom. The Kier molecular flexibility index (Phi) is 2.83. The van der Waals surface area contributed by atoms with Gasteiger partial charge in [-0.25, -0.2) is 0 Å². The highest BCUT2D eigenvalue weighted by atomic mass is 79.9. The fourth-order valence-electron chi connectivity index (χ4n) is 3.61. The molecule has 2 aliphatic rings. The molecule has 0 N–H and O–H groups in total. The normalized spacial score (nSPS) is 33.5. The number of alkyl halides is 1. The van der Waals surface area contributed by atoms with Gasteiger partial charge in [-0.05, 0) is 49.5 Å². The van der Waals surface area contributed by atoms with Gasteiger partial charge >= 0.3 is 0 Å². The molecule has 2 fully saturated rings. The molecular weight excluding hydrogens is 260 g/mol. The second kappa shape index (κ2) is 4.18. The van der Waals surface area contributed by atoms with Crippen molar-refractivity contribution in [2.75, 3.05) is 0 Å². The van der Waals surface area contributed by atoms with Crippen LogP contribution in [-0.4, -0.2) is 4.83 Å². The molecule has 3 atom stereocenters. The molecule has 86 valence electrons. The Balaban J connectivity index is 1.63. The van der Waals surface area contributed by atoms with E-state index in [0.29, 0.717) is 4.83 Å². The van der Waals surface area contributed by atoms with Crippen LogP contribution in [0.15, 0.2) is 24.3 Å². The van der Waals surface area contributed by atoms with Crippen molar-refractivity contribution >= 4 is 15.9 Å². The van der Waals surface area contributed by atoms with Crippen molar-refractivity contribution < 1.29 is 0 Å². The second-order valence-corrected chi connectivity index (χ2v) is 6.72. The maximum atomic E-state index is 3.92. The van der Waals surface area contributed by atoms with Gasteiger partial charge in [0.25, 0.3) is 0 Å². The Hall–Kier alpha value is -0.300. The van der Waals surface area contributed by atoms with E-state index in [0.717, 1.165) is 17.8 Å². The van der Waals surface area contributed by atoms with Gasteiger partial charge in [0.15, 0.2) is 0 Å². The van der Waals surface area contributed by atoms with Crippen LogP contribution in [0.2, 0.25) is 0 Å². The molecule has 3 unspecified atom stereocenters. The van der Waals surface area contributed by atoms with Crippen molar-refractivity contribution in [1.82, 2.24) is 0 Å². The minimum absolute atomic E-state index is 0.713. The molecule has 0 heterocycles. The van der Waals surface area contributed by atoms with Gasteiger partial charge in [0.1, 0.15) is 0 Å². The molecule has 1 aromatic carbocycles. The zero-order valence-corrected chi connectivity index (χ0v) is 11.4. The lowest BCUT2D eigenvalue weighted by atomic mass is 10.0. The topological polar surface area (TPSA) is 0 Å². The predicted octanol–water partition coefficient (Wildman–Crippen LogP) is 4.35. The molecule has 2 aliphatic carbocycles. The number of rotatable bonds is 3. The van der Waals surface area contributed by atoms with E-state index in [1.54, 1.807) is 0 Å². The van der Waals surface area contributed by atoms with E-state index in [-0.39, 0.29) is 0 Å². The minimum atomic E-state index is 0.713. The number of aryl methyl sites for hydroxylation is 1. The summed E-state index contributed by atoms with van der Waals surface area (Å²) >= 11 is 3.92. The molecule has 0 nitrogen and oxygen atoms in total. The summed E-state index contributed by atoms with van der Waals surface area (Å²) in [5.41, 5.74) is 2.88. The zero-order valence-electron chi connectivity index (χ0n) is 9.83. The Morgan fingerprint density at radius 2 is 2.06 bits per heavy atom. The average molecular weight is 279 g/mol. The quantitative estimate of drug-likeness (QED) is 0.722. The molecular formula is C15H19Br. The maximum absolute atomic E-state index is 3.92. The molecule has 3 rings (SSSR count). The number of hydrogen-bond donors (Lipinski definition) is 0. The number of fused-ring (bicyclic) bond motifs is 1. The Bertz CT molecular complexity index is 375. The molecule has 2 saturated carbocycles. The third kappa shape index (κ3) is 1.95. The molecule has 1 aromatic rings. The molecule has 0 aromatic heterocycles. The van der Waals surface area contributed by atoms with Crippen LogP contribution in [0, 0.1) is 24.7 Å². The molecule has 0 saturated heterocycles. The van der Waals surface area contributed by atoms with Crippen LogP contribution >= 0.6 is 15.9 Å². The van der Waals surface area contributed by atoms with E-state index in [1.807, 2.05) is 0 Å². The molecule has 0 aliphatic heterocycles. The van der Waals surface area contributed by atoms with Crippen LogP contribution in [0.5, 0.6) is 0 Å². The molecule has 0 bridgehead atoms. The average Bonchev–Trinajstić information content (AvgIpc) is 2.73. The summed E-state index contributed by atoms with van der Waals surface area (Å²) in [6.45, 7) is 2.18. The number of hydrogen-bond acceptors (Lipinski definition) is 0. The van der Waals surface area contributed by atoms with E-state index in [4.69, 9.17) is 0 Å². The summed E-state index contributed by atoms with van der Waals surface area (Å²) in [6, 6.07) is 8.95. The van der Waals surface area contributed by atoms with Crippen molar-refractivity contribution in [2.45, 2.75) is 37.4 Å². The van der Waals surface area contributed by atoms with Gasteiger partial charge in [-0.3, -0.25) is 0 Å².